The highest BCUT2D eigenvalue weighted by Crippen LogP contribution is 2.18. The highest BCUT2D eigenvalue weighted by atomic mass is 32.2. The van der Waals surface area contributed by atoms with Gasteiger partial charge in [-0.15, -0.1) is 0 Å². The second-order valence-electron chi connectivity index (χ2n) is 2.53. The molecule has 1 aliphatic carbocycles. The Labute approximate surface area is 60.8 Å². The molecule has 1 saturated carbocycles. The predicted molar refractivity (Wildman–Crippen MR) is 39.0 cm³/mol. The summed E-state index contributed by atoms with van der Waals surface area (Å²) in [6, 6.07) is 0.0475. The third-order valence-electron chi connectivity index (χ3n) is 1.55. The number of nitrogens with one attached hydrogen (secondary N) is 1. The van der Waals surface area contributed by atoms with Gasteiger partial charge in [-0.25, -0.2) is 13.1 Å². The molecule has 1 fully saturated rings. The predicted octanol–water partition coefficient (Wildman–Crippen LogP) is -0.975. The van der Waals surface area contributed by atoms with Crippen LogP contribution < -0.4 is 10.5 Å². The largest absolute Gasteiger partial charge is 0.326 e. The highest BCUT2D eigenvalue weighted by Gasteiger charge is 2.36. The van der Waals surface area contributed by atoms with Crippen LogP contribution in [0.4, 0.5) is 0 Å². The van der Waals surface area contributed by atoms with Crippen molar-refractivity contribution in [2.75, 3.05) is 5.75 Å². The van der Waals surface area contributed by atoms with Crippen molar-refractivity contribution in [2.24, 2.45) is 5.73 Å². The quantitative estimate of drug-likeness (QED) is 0.563. The summed E-state index contributed by atoms with van der Waals surface area (Å²) in [5, 5.41) is 0. The van der Waals surface area contributed by atoms with Crippen LogP contribution in [0.2, 0.25) is 0 Å². The zero-order valence-electron chi connectivity index (χ0n) is 5.87. The number of rotatable bonds is 3. The Morgan fingerprint density at radius 2 is 2.20 bits per heavy atom. The van der Waals surface area contributed by atoms with Crippen LogP contribution >= 0.6 is 0 Å². The van der Waals surface area contributed by atoms with Gasteiger partial charge in [0.25, 0.3) is 0 Å². The van der Waals surface area contributed by atoms with Gasteiger partial charge in [0.05, 0.1) is 5.75 Å². The SMILES string of the molecule is CCS(=O)(=O)N[C@H]1C[C@H]1N. The Morgan fingerprint density at radius 3 is 2.50 bits per heavy atom. The molecule has 0 spiro atoms. The summed E-state index contributed by atoms with van der Waals surface area (Å²) in [6.45, 7) is 1.61. The molecule has 0 aromatic heterocycles. The maximum absolute atomic E-state index is 10.8. The first-order valence-corrected chi connectivity index (χ1v) is 4.96. The molecule has 1 rings (SSSR count). The van der Waals surface area contributed by atoms with Gasteiger partial charge in [0.1, 0.15) is 0 Å². The fourth-order valence-corrected chi connectivity index (χ4v) is 1.56. The Morgan fingerprint density at radius 1 is 1.70 bits per heavy atom. The average molecular weight is 164 g/mol. The fourth-order valence-electron chi connectivity index (χ4n) is 0.664. The Kier molecular flexibility index (Phi) is 1.98. The molecule has 3 N–H and O–H groups in total. The maximum atomic E-state index is 10.8. The van der Waals surface area contributed by atoms with E-state index in [1.54, 1.807) is 6.92 Å². The van der Waals surface area contributed by atoms with Gasteiger partial charge in [0, 0.05) is 12.1 Å². The van der Waals surface area contributed by atoms with E-state index in [-0.39, 0.29) is 17.8 Å². The van der Waals surface area contributed by atoms with E-state index in [1.165, 1.54) is 0 Å². The Balaban J connectivity index is 2.39. The number of nitrogens with two attached hydrogens (primary N) is 1. The molecule has 0 saturated heterocycles. The smallest absolute Gasteiger partial charge is 0.211 e. The summed E-state index contributed by atoms with van der Waals surface area (Å²) in [6.07, 6.45) is 0.777. The number of hydrogen-bond donors (Lipinski definition) is 2. The second kappa shape index (κ2) is 2.48. The van der Waals surface area contributed by atoms with Crippen LogP contribution in [0, 0.1) is 0 Å². The van der Waals surface area contributed by atoms with Crippen molar-refractivity contribution in [2.45, 2.75) is 25.4 Å². The summed E-state index contributed by atoms with van der Waals surface area (Å²) in [5.41, 5.74) is 5.40. The molecule has 0 bridgehead atoms. The maximum Gasteiger partial charge on any atom is 0.211 e. The van der Waals surface area contributed by atoms with Crippen molar-refractivity contribution in [3.05, 3.63) is 0 Å². The van der Waals surface area contributed by atoms with Crippen LogP contribution in [-0.4, -0.2) is 26.3 Å². The summed E-state index contributed by atoms with van der Waals surface area (Å²) >= 11 is 0. The van der Waals surface area contributed by atoms with Crippen LogP contribution in [0.25, 0.3) is 0 Å². The molecule has 0 aromatic rings. The highest BCUT2D eigenvalue weighted by molar-refractivity contribution is 7.89. The van der Waals surface area contributed by atoms with Gasteiger partial charge in [0.15, 0.2) is 0 Å². The van der Waals surface area contributed by atoms with E-state index in [0.29, 0.717) is 0 Å². The topological polar surface area (TPSA) is 72.2 Å². The summed E-state index contributed by atoms with van der Waals surface area (Å²) in [5.74, 6) is 0.135. The van der Waals surface area contributed by atoms with Crippen molar-refractivity contribution >= 4 is 10.0 Å². The van der Waals surface area contributed by atoms with E-state index in [2.05, 4.69) is 4.72 Å². The summed E-state index contributed by atoms with van der Waals surface area (Å²) < 4.78 is 24.1. The minimum atomic E-state index is -3.02. The van der Waals surface area contributed by atoms with Gasteiger partial charge in [-0.2, -0.15) is 0 Å². The Bertz CT molecular complexity index is 212. The number of sulfonamides is 1. The van der Waals surface area contributed by atoms with Gasteiger partial charge >= 0.3 is 0 Å². The van der Waals surface area contributed by atoms with Gasteiger partial charge in [-0.05, 0) is 13.3 Å². The van der Waals surface area contributed by atoms with Gasteiger partial charge < -0.3 is 5.73 Å². The minimum Gasteiger partial charge on any atom is -0.326 e. The first-order valence-electron chi connectivity index (χ1n) is 3.31. The third-order valence-corrected chi connectivity index (χ3v) is 2.97. The normalized spacial score (nSPS) is 32.2. The minimum absolute atomic E-state index is 0.00458. The van der Waals surface area contributed by atoms with Crippen molar-refractivity contribution < 1.29 is 8.42 Å². The molecule has 2 atom stereocenters. The van der Waals surface area contributed by atoms with Crippen LogP contribution in [0.3, 0.4) is 0 Å². The van der Waals surface area contributed by atoms with Gasteiger partial charge in [0.2, 0.25) is 10.0 Å². The molecule has 0 unspecified atom stereocenters. The monoisotopic (exact) mass is 164 g/mol. The van der Waals surface area contributed by atoms with E-state index in [9.17, 15) is 8.42 Å². The van der Waals surface area contributed by atoms with Crippen molar-refractivity contribution in [1.29, 1.82) is 0 Å². The zero-order valence-corrected chi connectivity index (χ0v) is 6.69. The van der Waals surface area contributed by atoms with Gasteiger partial charge in [-0.1, -0.05) is 0 Å². The zero-order chi connectivity index (χ0) is 7.78. The fraction of sp³-hybridized carbons (Fsp3) is 1.00. The lowest BCUT2D eigenvalue weighted by atomic mass is 10.7. The molecule has 0 heterocycles. The molecule has 1 aliphatic rings. The van der Waals surface area contributed by atoms with Crippen molar-refractivity contribution in [3.63, 3.8) is 0 Å². The molecule has 4 nitrogen and oxygen atoms in total. The lowest BCUT2D eigenvalue weighted by Gasteiger charge is -2.00. The summed E-state index contributed by atoms with van der Waals surface area (Å²) in [7, 11) is -3.02. The molecule has 0 radical (unpaired) electrons. The first-order chi connectivity index (χ1) is 4.55. The molecular weight excluding hydrogens is 152 g/mol. The molecule has 10 heavy (non-hydrogen) atoms. The van der Waals surface area contributed by atoms with Crippen molar-refractivity contribution in [3.8, 4) is 0 Å². The molecule has 0 amide bonds. The van der Waals surface area contributed by atoms with E-state index in [1.807, 2.05) is 0 Å². The molecule has 60 valence electrons. The molecule has 5 heteroatoms. The van der Waals surface area contributed by atoms with Crippen LogP contribution in [0.1, 0.15) is 13.3 Å². The lowest BCUT2D eigenvalue weighted by Crippen LogP contribution is -2.30. The van der Waals surface area contributed by atoms with Crippen LogP contribution in [0.5, 0.6) is 0 Å². The lowest BCUT2D eigenvalue weighted by molar-refractivity contribution is 0.581. The molecule has 0 aliphatic heterocycles. The standard InChI is InChI=1S/C5H12N2O2S/c1-2-10(8,9)7-5-3-4(5)6/h4-5,7H,2-3,6H2,1H3/t4-,5+/m1/s1. The van der Waals surface area contributed by atoms with Crippen molar-refractivity contribution in [1.82, 2.24) is 4.72 Å². The van der Waals surface area contributed by atoms with Gasteiger partial charge in [-0.3, -0.25) is 0 Å². The van der Waals surface area contributed by atoms with E-state index in [4.69, 9.17) is 5.73 Å². The summed E-state index contributed by atoms with van der Waals surface area (Å²) in [4.78, 5) is 0. The first kappa shape index (κ1) is 7.97. The van der Waals surface area contributed by atoms with Crippen LogP contribution in [0.15, 0.2) is 0 Å². The Hall–Kier alpha value is -0.130. The van der Waals surface area contributed by atoms with E-state index in [0.717, 1.165) is 6.42 Å². The van der Waals surface area contributed by atoms with E-state index < -0.39 is 10.0 Å². The van der Waals surface area contributed by atoms with E-state index >= 15 is 0 Å². The second-order valence-corrected chi connectivity index (χ2v) is 4.57. The van der Waals surface area contributed by atoms with Crippen LogP contribution in [-0.2, 0) is 10.0 Å². The third kappa shape index (κ3) is 1.93. The molecular formula is C5H12N2O2S. The number of hydrogen-bond acceptors (Lipinski definition) is 3. The average Bonchev–Trinajstić information content (AvgIpc) is 2.46. The molecule has 0 aromatic carbocycles.